The highest BCUT2D eigenvalue weighted by Gasteiger charge is 2.40. The van der Waals surface area contributed by atoms with Crippen LogP contribution in [0.2, 0.25) is 0 Å². The van der Waals surface area contributed by atoms with Crippen molar-refractivity contribution >= 4 is 14.0 Å². The van der Waals surface area contributed by atoms with Gasteiger partial charge in [-0.15, -0.1) is 0 Å². The van der Waals surface area contributed by atoms with Gasteiger partial charge in [0.2, 0.25) is 0 Å². The van der Waals surface area contributed by atoms with E-state index >= 15 is 0 Å². The Hall–Kier alpha value is -1.50. The molecule has 2 N–H and O–H groups in total. The van der Waals surface area contributed by atoms with Crippen LogP contribution in [-0.4, -0.2) is 35.6 Å². The molecule has 2 aromatic carbocycles. The van der Waals surface area contributed by atoms with Gasteiger partial charge in [-0.2, -0.15) is 0 Å². The average molecular weight is 324 g/mol. The summed E-state index contributed by atoms with van der Waals surface area (Å²) in [6.45, 7) is 2.08. The second-order valence-electron chi connectivity index (χ2n) is 4.19. The Kier molecular flexibility index (Phi) is 12.5. The van der Waals surface area contributed by atoms with Crippen molar-refractivity contribution in [3.8, 4) is 0 Å². The molecule has 0 aromatic heterocycles. The van der Waals surface area contributed by atoms with Crippen molar-refractivity contribution in [3.63, 3.8) is 0 Å². The van der Waals surface area contributed by atoms with E-state index in [1.54, 1.807) is 21.3 Å². The van der Waals surface area contributed by atoms with Crippen LogP contribution in [0.5, 0.6) is 0 Å². The zero-order valence-corrected chi connectivity index (χ0v) is 14.0. The lowest BCUT2D eigenvalue weighted by Gasteiger charge is -2.24. The Morgan fingerprint density at radius 1 is 0.682 bits per heavy atom. The highest BCUT2D eigenvalue weighted by Crippen LogP contribution is 2.05. The Labute approximate surface area is 135 Å². The van der Waals surface area contributed by atoms with Crippen LogP contribution in [-0.2, 0) is 13.3 Å². The Bertz CT molecular complexity index is 464. The van der Waals surface area contributed by atoms with E-state index in [0.29, 0.717) is 0 Å². The van der Waals surface area contributed by atoms with Gasteiger partial charge in [0.25, 0.3) is 0 Å². The van der Waals surface area contributed by atoms with Crippen molar-refractivity contribution in [3.05, 3.63) is 66.2 Å². The molecular weight excluding hydrogens is 296 g/mol. The molecule has 0 saturated carbocycles. The predicted molar refractivity (Wildman–Crippen MR) is 94.4 cm³/mol. The summed E-state index contributed by atoms with van der Waals surface area (Å²) < 4.78 is 16.0. The molecule has 5 heteroatoms. The molecule has 2 aromatic rings. The van der Waals surface area contributed by atoms with E-state index in [0.717, 1.165) is 5.19 Å². The summed E-state index contributed by atoms with van der Waals surface area (Å²) in [5, 5.41) is 0.975. The van der Waals surface area contributed by atoms with Crippen molar-refractivity contribution in [1.29, 1.82) is 0 Å². The molecular formula is C17H28O4Si. The summed E-state index contributed by atoms with van der Waals surface area (Å²) >= 11 is 0. The highest BCUT2D eigenvalue weighted by atomic mass is 28.4. The summed E-state index contributed by atoms with van der Waals surface area (Å²) in [6, 6.07) is 20.0. The van der Waals surface area contributed by atoms with E-state index in [4.69, 9.17) is 13.3 Å². The maximum absolute atomic E-state index is 5.32. The monoisotopic (exact) mass is 324 g/mol. The van der Waals surface area contributed by atoms with E-state index in [1.807, 2.05) is 48.5 Å². The van der Waals surface area contributed by atoms with Crippen molar-refractivity contribution < 1.29 is 18.8 Å². The van der Waals surface area contributed by atoms with Crippen molar-refractivity contribution in [2.45, 2.75) is 14.4 Å². The molecule has 0 atom stereocenters. The first-order valence-electron chi connectivity index (χ1n) is 6.41. The largest absolute Gasteiger partial charge is 0.536 e. The van der Waals surface area contributed by atoms with Crippen molar-refractivity contribution in [2.24, 2.45) is 0 Å². The number of benzene rings is 2. The van der Waals surface area contributed by atoms with Gasteiger partial charge < -0.3 is 18.8 Å². The van der Waals surface area contributed by atoms with Gasteiger partial charge in [-0.25, -0.2) is 0 Å². The molecule has 0 spiro atoms. The zero-order chi connectivity index (χ0) is 14.8. The lowest BCUT2D eigenvalue weighted by Crippen LogP contribution is -2.54. The van der Waals surface area contributed by atoms with Crippen LogP contribution in [0.3, 0.4) is 0 Å². The Balaban J connectivity index is 0. The molecule has 0 aliphatic carbocycles. The summed E-state index contributed by atoms with van der Waals surface area (Å²) in [6.07, 6.45) is 0. The molecule has 0 aliphatic rings. The first kappa shape index (κ1) is 22.8. The lowest BCUT2D eigenvalue weighted by molar-refractivity contribution is 0.140. The molecule has 0 saturated heterocycles. The van der Waals surface area contributed by atoms with Gasteiger partial charge in [-0.05, 0) is 6.92 Å². The lowest BCUT2D eigenvalue weighted by atomic mass is 10.2. The molecule has 0 aliphatic heterocycles. The van der Waals surface area contributed by atoms with Crippen molar-refractivity contribution in [2.75, 3.05) is 21.3 Å². The first-order valence-corrected chi connectivity index (χ1v) is 8.13. The van der Waals surface area contributed by atoms with E-state index in [1.165, 1.54) is 5.56 Å². The average Bonchev–Trinajstić information content (AvgIpc) is 2.52. The van der Waals surface area contributed by atoms with Gasteiger partial charge in [0.05, 0.1) is 0 Å². The third-order valence-corrected chi connectivity index (χ3v) is 5.53. The van der Waals surface area contributed by atoms with Crippen LogP contribution in [0.25, 0.3) is 0 Å². The smallest absolute Gasteiger partial charge is 0.412 e. The van der Waals surface area contributed by atoms with Crippen LogP contribution < -0.4 is 5.19 Å². The summed E-state index contributed by atoms with van der Waals surface area (Å²) in [7, 11) is 2.22. The zero-order valence-electron chi connectivity index (χ0n) is 13.0. The van der Waals surface area contributed by atoms with Crippen LogP contribution >= 0.6 is 0 Å². The standard InChI is InChI=1S/C9H14O3Si.C7H8.CH4.H2O/c1-10-13(11-2,12-3)9-7-5-4-6-8-9;1-7-5-3-2-4-6-7;;/h4-8H,1-3H3;2-6H,1H3;1H4;1H2. The fraction of sp³-hybridized carbons (Fsp3) is 0.294. The predicted octanol–water partition coefficient (Wildman–Crippen LogP) is 2.58. The van der Waals surface area contributed by atoms with Crippen LogP contribution in [0.4, 0.5) is 0 Å². The van der Waals surface area contributed by atoms with Gasteiger partial charge in [0.1, 0.15) is 0 Å². The Morgan fingerprint density at radius 3 is 1.32 bits per heavy atom. The molecule has 0 bridgehead atoms. The van der Waals surface area contributed by atoms with Crippen LogP contribution in [0.15, 0.2) is 60.7 Å². The van der Waals surface area contributed by atoms with Gasteiger partial charge in [0.15, 0.2) is 0 Å². The number of hydrogen-bond acceptors (Lipinski definition) is 3. The van der Waals surface area contributed by atoms with Crippen LogP contribution in [0.1, 0.15) is 13.0 Å². The second-order valence-corrected chi connectivity index (χ2v) is 7.10. The van der Waals surface area contributed by atoms with E-state index in [9.17, 15) is 0 Å². The third kappa shape index (κ3) is 6.51. The summed E-state index contributed by atoms with van der Waals surface area (Å²) in [5.41, 5.74) is 1.32. The van der Waals surface area contributed by atoms with Crippen LogP contribution in [0, 0.1) is 6.92 Å². The van der Waals surface area contributed by atoms with Gasteiger partial charge in [0, 0.05) is 26.5 Å². The minimum absolute atomic E-state index is 0. The highest BCUT2D eigenvalue weighted by molar-refractivity contribution is 6.75. The molecule has 0 fully saturated rings. The molecule has 2 rings (SSSR count). The quantitative estimate of drug-likeness (QED) is 0.812. The van der Waals surface area contributed by atoms with Crippen molar-refractivity contribution in [1.82, 2.24) is 0 Å². The van der Waals surface area contributed by atoms with E-state index < -0.39 is 8.80 Å². The third-order valence-electron chi connectivity index (χ3n) is 2.87. The fourth-order valence-corrected chi connectivity index (χ4v) is 3.59. The first-order chi connectivity index (χ1) is 9.68. The number of rotatable bonds is 4. The SMILES string of the molecule is C.CO[Si](OC)(OC)c1ccccc1.Cc1ccccc1.O. The second kappa shape index (κ2) is 12.1. The van der Waals surface area contributed by atoms with Gasteiger partial charge >= 0.3 is 8.80 Å². The molecule has 0 unspecified atom stereocenters. The summed E-state index contributed by atoms with van der Waals surface area (Å²) in [5.74, 6) is 0. The number of aryl methyl sites for hydroxylation is 1. The maximum Gasteiger partial charge on any atom is 0.536 e. The Morgan fingerprint density at radius 2 is 1.05 bits per heavy atom. The molecule has 4 nitrogen and oxygen atoms in total. The molecule has 0 radical (unpaired) electrons. The van der Waals surface area contributed by atoms with E-state index in [-0.39, 0.29) is 12.9 Å². The normalized spacial score (nSPS) is 9.64. The topological polar surface area (TPSA) is 59.2 Å². The van der Waals surface area contributed by atoms with Gasteiger partial charge in [-0.1, -0.05) is 73.7 Å². The fourth-order valence-electron chi connectivity index (χ4n) is 1.78. The molecule has 22 heavy (non-hydrogen) atoms. The maximum atomic E-state index is 5.32. The number of hydrogen-bond donors (Lipinski definition) is 0. The molecule has 0 amide bonds. The van der Waals surface area contributed by atoms with E-state index in [2.05, 4.69) is 19.1 Å². The minimum Gasteiger partial charge on any atom is -0.412 e. The molecule has 124 valence electrons. The minimum atomic E-state index is -2.59. The summed E-state index contributed by atoms with van der Waals surface area (Å²) in [4.78, 5) is 0. The van der Waals surface area contributed by atoms with Gasteiger partial charge in [-0.3, -0.25) is 0 Å². The molecule has 0 heterocycles.